The largest absolute Gasteiger partial charge is 0.417 e. The molecule has 2 heterocycles. The molecule has 42 heavy (non-hydrogen) atoms. The van der Waals surface area contributed by atoms with Crippen LogP contribution in [0.1, 0.15) is 31.7 Å². The summed E-state index contributed by atoms with van der Waals surface area (Å²) >= 11 is 0. The Morgan fingerprint density at radius 3 is 2.55 bits per heavy atom. The molecular weight excluding hydrogens is 569 g/mol. The Kier molecular flexibility index (Phi) is 7.55. The SMILES string of the molecule is CC(=N)C=C([NH2+]c1ccnc2ccccc12)N1CC(S(=O)(=O)c2ccccc2C(F)(F)F)CC1C(=O)NC1(C#N)CC1. The Morgan fingerprint density at radius 2 is 1.88 bits per heavy atom. The summed E-state index contributed by atoms with van der Waals surface area (Å²) in [4.78, 5) is 18.6. The van der Waals surface area contributed by atoms with Crippen molar-refractivity contribution < 1.29 is 31.7 Å². The fraction of sp³-hybridized carbons (Fsp3) is 0.310. The van der Waals surface area contributed by atoms with Crippen LogP contribution in [0.4, 0.5) is 18.9 Å². The Labute approximate surface area is 240 Å². The van der Waals surface area contributed by atoms with E-state index in [0.717, 1.165) is 23.6 Å². The van der Waals surface area contributed by atoms with Crippen LogP contribution in [0.5, 0.6) is 0 Å². The van der Waals surface area contributed by atoms with Crippen molar-refractivity contribution in [1.29, 1.82) is 10.7 Å². The maximum atomic E-state index is 13.8. The van der Waals surface area contributed by atoms with Gasteiger partial charge in [-0.3, -0.25) is 15.1 Å². The van der Waals surface area contributed by atoms with Crippen LogP contribution in [-0.2, 0) is 20.8 Å². The topological polar surface area (TPSA) is 144 Å². The predicted molar refractivity (Wildman–Crippen MR) is 148 cm³/mol. The van der Waals surface area contributed by atoms with Crippen molar-refractivity contribution in [3.05, 3.63) is 78.3 Å². The van der Waals surface area contributed by atoms with Crippen molar-refractivity contribution in [2.45, 2.75) is 54.1 Å². The van der Waals surface area contributed by atoms with Gasteiger partial charge in [0.05, 0.1) is 32.7 Å². The van der Waals surface area contributed by atoms with E-state index in [0.29, 0.717) is 29.9 Å². The molecule has 9 nitrogen and oxygen atoms in total. The quantitative estimate of drug-likeness (QED) is 0.340. The third-order valence-corrected chi connectivity index (χ3v) is 9.70. The second-order valence-electron chi connectivity index (χ2n) is 10.6. The van der Waals surface area contributed by atoms with Crippen LogP contribution < -0.4 is 10.6 Å². The number of aromatic nitrogens is 1. The van der Waals surface area contributed by atoms with Crippen molar-refractivity contribution in [3.8, 4) is 6.07 Å². The van der Waals surface area contributed by atoms with Gasteiger partial charge in [0.15, 0.2) is 9.84 Å². The van der Waals surface area contributed by atoms with Crippen molar-refractivity contribution in [2.24, 2.45) is 0 Å². The minimum Gasteiger partial charge on any atom is -0.336 e. The summed E-state index contributed by atoms with van der Waals surface area (Å²) in [5.41, 5.74) is -0.817. The number of alkyl halides is 3. The summed E-state index contributed by atoms with van der Waals surface area (Å²) in [5.74, 6) is -0.264. The molecule has 2 fully saturated rings. The molecule has 0 bridgehead atoms. The fourth-order valence-corrected chi connectivity index (χ4v) is 7.14. The van der Waals surface area contributed by atoms with Gasteiger partial charge < -0.3 is 15.6 Å². The zero-order valence-corrected chi connectivity index (χ0v) is 23.3. The molecule has 1 saturated heterocycles. The first-order chi connectivity index (χ1) is 19.8. The molecule has 1 aromatic heterocycles. The number of quaternary nitrogens is 1. The number of nitrogens with one attached hydrogen (secondary N) is 2. The molecule has 2 unspecified atom stereocenters. The number of para-hydroxylation sites is 1. The van der Waals surface area contributed by atoms with Crippen LogP contribution in [-0.4, -0.2) is 53.3 Å². The van der Waals surface area contributed by atoms with E-state index in [2.05, 4.69) is 16.4 Å². The highest BCUT2D eigenvalue weighted by Crippen LogP contribution is 2.39. The van der Waals surface area contributed by atoms with Gasteiger partial charge in [-0.05, 0) is 50.5 Å². The van der Waals surface area contributed by atoms with Crippen LogP contribution in [0.25, 0.3) is 10.9 Å². The van der Waals surface area contributed by atoms with E-state index >= 15 is 0 Å². The number of nitriles is 1. The molecule has 5 rings (SSSR count). The summed E-state index contributed by atoms with van der Waals surface area (Å²) in [6.07, 6.45) is -1.24. The molecule has 1 aliphatic heterocycles. The predicted octanol–water partition coefficient (Wildman–Crippen LogP) is 3.42. The number of halogens is 3. The van der Waals surface area contributed by atoms with E-state index < -0.39 is 49.2 Å². The van der Waals surface area contributed by atoms with Gasteiger partial charge in [0, 0.05) is 30.6 Å². The number of hydrogen-bond donors (Lipinski definition) is 3. The van der Waals surface area contributed by atoms with Gasteiger partial charge in [0.1, 0.15) is 17.3 Å². The molecular formula is C29H28F3N6O3S+. The standard InChI is InChI=1S/C29H27F3N6O3S/c1-18(34)14-26(36-23-10-13-35-22-8-4-2-6-20(22)23)38-16-19(15-24(38)27(39)37-28(17-33)11-12-28)42(40,41)25-9-5-3-7-21(25)29(30,31)32/h2-10,13-14,19,24,34H,11-12,15-16H2,1H3,(H,35,36)(H,37,39)/p+1. The number of carbonyl (C=O) groups excluding carboxylic acids is 1. The molecule has 2 atom stereocenters. The lowest BCUT2D eigenvalue weighted by Gasteiger charge is -2.26. The fourth-order valence-electron chi connectivity index (χ4n) is 5.23. The molecule has 2 aromatic carbocycles. The second kappa shape index (κ2) is 10.8. The first-order valence-corrected chi connectivity index (χ1v) is 14.7. The van der Waals surface area contributed by atoms with Crippen LogP contribution in [0.3, 0.4) is 0 Å². The van der Waals surface area contributed by atoms with Gasteiger partial charge >= 0.3 is 6.18 Å². The molecule has 13 heteroatoms. The van der Waals surface area contributed by atoms with Gasteiger partial charge in [0.2, 0.25) is 11.7 Å². The molecule has 2 aliphatic rings. The van der Waals surface area contributed by atoms with Crippen molar-refractivity contribution in [2.75, 3.05) is 6.54 Å². The van der Waals surface area contributed by atoms with E-state index in [1.54, 1.807) is 17.6 Å². The normalized spacial score (nSPS) is 20.3. The zero-order chi connectivity index (χ0) is 30.3. The number of rotatable bonds is 8. The van der Waals surface area contributed by atoms with Crippen molar-refractivity contribution in [3.63, 3.8) is 0 Å². The monoisotopic (exact) mass is 597 g/mol. The number of nitrogens with two attached hydrogens (primary N) is 1. The van der Waals surface area contributed by atoms with Crippen LogP contribution in [0.15, 0.2) is 77.6 Å². The van der Waals surface area contributed by atoms with E-state index in [9.17, 15) is 31.6 Å². The highest BCUT2D eigenvalue weighted by molar-refractivity contribution is 7.92. The molecule has 3 aromatic rings. The number of nitrogens with zero attached hydrogens (tertiary/aromatic N) is 3. The highest BCUT2D eigenvalue weighted by atomic mass is 32.2. The average molecular weight is 598 g/mol. The Morgan fingerprint density at radius 1 is 1.19 bits per heavy atom. The van der Waals surface area contributed by atoms with Crippen molar-refractivity contribution >= 4 is 38.0 Å². The highest BCUT2D eigenvalue weighted by Gasteiger charge is 2.51. The zero-order valence-electron chi connectivity index (χ0n) is 22.5. The maximum Gasteiger partial charge on any atom is 0.417 e. The molecule has 4 N–H and O–H groups in total. The summed E-state index contributed by atoms with van der Waals surface area (Å²) in [6, 6.07) is 14.0. The summed E-state index contributed by atoms with van der Waals surface area (Å²) in [5, 5.41) is 21.5. The number of pyridine rings is 1. The number of amides is 1. The molecule has 1 saturated carbocycles. The van der Waals surface area contributed by atoms with Gasteiger partial charge in [-0.1, -0.05) is 24.3 Å². The van der Waals surface area contributed by atoms with Gasteiger partial charge in [-0.25, -0.2) is 8.42 Å². The molecule has 1 amide bonds. The lowest BCUT2D eigenvalue weighted by molar-refractivity contribution is -0.534. The number of hydrogen-bond acceptors (Lipinski definition) is 7. The molecule has 0 spiro atoms. The molecule has 218 valence electrons. The maximum absolute atomic E-state index is 13.8. The number of fused-ring (bicyclic) bond motifs is 1. The third kappa shape index (κ3) is 5.73. The number of benzene rings is 2. The first-order valence-electron chi connectivity index (χ1n) is 13.2. The van der Waals surface area contributed by atoms with E-state index in [1.165, 1.54) is 24.0 Å². The van der Waals surface area contributed by atoms with Crippen LogP contribution in [0, 0.1) is 16.7 Å². The number of allylic oxidation sites excluding steroid dienone is 1. The average Bonchev–Trinajstić information content (AvgIpc) is 3.56. The van der Waals surface area contributed by atoms with E-state index in [-0.39, 0.29) is 18.7 Å². The Balaban J connectivity index is 1.56. The van der Waals surface area contributed by atoms with Gasteiger partial charge in [-0.2, -0.15) is 18.4 Å². The van der Waals surface area contributed by atoms with E-state index in [4.69, 9.17) is 5.41 Å². The molecule has 0 radical (unpaired) electrons. The lowest BCUT2D eigenvalue weighted by atomic mass is 10.1. The smallest absolute Gasteiger partial charge is 0.336 e. The number of likely N-dealkylation sites (tertiary alicyclic amines) is 1. The third-order valence-electron chi connectivity index (χ3n) is 7.51. The number of carbonyl (C=O) groups is 1. The first kappa shape index (κ1) is 29.2. The van der Waals surface area contributed by atoms with Crippen LogP contribution >= 0.6 is 0 Å². The summed E-state index contributed by atoms with van der Waals surface area (Å²) in [6.45, 7) is 1.22. The minimum absolute atomic E-state index is 0.114. The summed E-state index contributed by atoms with van der Waals surface area (Å²) in [7, 11) is -4.57. The number of sulfone groups is 1. The van der Waals surface area contributed by atoms with Crippen LogP contribution in [0.2, 0.25) is 0 Å². The van der Waals surface area contributed by atoms with Gasteiger partial charge in [-0.15, -0.1) is 0 Å². The van der Waals surface area contributed by atoms with Crippen molar-refractivity contribution in [1.82, 2.24) is 15.2 Å². The van der Waals surface area contributed by atoms with Gasteiger partial charge in [0.25, 0.3) is 0 Å². The molecule has 1 aliphatic carbocycles. The Hall–Kier alpha value is -4.28. The van der Waals surface area contributed by atoms with E-state index in [1.807, 2.05) is 24.3 Å². The second-order valence-corrected chi connectivity index (χ2v) is 12.8. The minimum atomic E-state index is -4.90. The summed E-state index contributed by atoms with van der Waals surface area (Å²) < 4.78 is 68.9. The Bertz CT molecular complexity index is 1740. The lowest BCUT2D eigenvalue weighted by Crippen LogP contribution is -2.80.